The zero-order valence-electron chi connectivity index (χ0n) is 22.5. The fourth-order valence-electron chi connectivity index (χ4n) is 4.83. The number of nitro groups is 1. The number of allylic oxidation sites excluding steroid dienone is 1. The van der Waals surface area contributed by atoms with Gasteiger partial charge < -0.3 is 9.15 Å². The molecule has 0 fully saturated rings. The molecule has 0 amide bonds. The second-order valence-corrected chi connectivity index (χ2v) is 11.5. The van der Waals surface area contributed by atoms with Gasteiger partial charge in [0.1, 0.15) is 23.1 Å². The van der Waals surface area contributed by atoms with E-state index in [-0.39, 0.29) is 21.3 Å². The molecule has 3 heterocycles. The summed E-state index contributed by atoms with van der Waals surface area (Å²) < 4.78 is 27.7. The Morgan fingerprint density at radius 1 is 1.07 bits per heavy atom. The number of hydrogen-bond acceptors (Lipinski definition) is 7. The van der Waals surface area contributed by atoms with Gasteiger partial charge in [-0.2, -0.15) is 0 Å². The minimum Gasteiger partial charge on any atom is -0.497 e. The van der Waals surface area contributed by atoms with Gasteiger partial charge in [0, 0.05) is 29.3 Å². The maximum Gasteiger partial charge on any atom is 0.271 e. The third-order valence-corrected chi connectivity index (χ3v) is 8.56. The van der Waals surface area contributed by atoms with Gasteiger partial charge in [0.05, 0.1) is 38.3 Å². The van der Waals surface area contributed by atoms with Gasteiger partial charge in [-0.3, -0.25) is 19.5 Å². The van der Waals surface area contributed by atoms with Crippen molar-refractivity contribution >= 4 is 52.0 Å². The predicted octanol–water partition coefficient (Wildman–Crippen LogP) is 6.93. The number of halogens is 3. The van der Waals surface area contributed by atoms with Crippen molar-refractivity contribution in [1.82, 2.24) is 4.57 Å². The number of methoxy groups -OCH3 is 1. The number of benzene rings is 3. The molecule has 5 aromatic rings. The number of aromatic nitrogens is 1. The fraction of sp³-hybridized carbons (Fsp3) is 0.0968. The van der Waals surface area contributed by atoms with Crippen LogP contribution in [-0.2, 0) is 0 Å². The van der Waals surface area contributed by atoms with Crippen molar-refractivity contribution in [2.75, 3.05) is 7.11 Å². The SMILES string of the molecule is COc1ccc(C2C=C(c3cc(F)c(Cl)cc3Cl)N=c3s/c(=C\c4ccc(-c5ccc([N+](=O)[O-])cc5C)o4)c(=O)n32)cc1. The molecule has 2 aromatic heterocycles. The van der Waals surface area contributed by atoms with Crippen molar-refractivity contribution in [2.24, 2.45) is 4.99 Å². The summed E-state index contributed by atoms with van der Waals surface area (Å²) in [5, 5.41) is 11.2. The van der Waals surface area contributed by atoms with Crippen molar-refractivity contribution < 1.29 is 18.5 Å². The molecule has 1 unspecified atom stereocenters. The van der Waals surface area contributed by atoms with Crippen LogP contribution in [0.5, 0.6) is 5.75 Å². The average Bonchev–Trinajstić information content (AvgIpc) is 3.58. The average molecular weight is 636 g/mol. The minimum atomic E-state index is -0.641. The van der Waals surface area contributed by atoms with Crippen molar-refractivity contribution in [1.29, 1.82) is 0 Å². The highest BCUT2D eigenvalue weighted by Crippen LogP contribution is 2.34. The molecule has 12 heteroatoms. The number of aryl methyl sites for hydroxylation is 1. The molecule has 1 aliphatic heterocycles. The van der Waals surface area contributed by atoms with E-state index >= 15 is 0 Å². The topological polar surface area (TPSA) is 99.9 Å². The van der Waals surface area contributed by atoms with Crippen LogP contribution in [-0.4, -0.2) is 16.6 Å². The Hall–Kier alpha value is -4.51. The lowest BCUT2D eigenvalue weighted by Gasteiger charge is -2.20. The summed E-state index contributed by atoms with van der Waals surface area (Å²) in [5.74, 6) is 0.934. The molecule has 0 aliphatic carbocycles. The maximum absolute atomic E-state index is 14.5. The monoisotopic (exact) mass is 635 g/mol. The molecule has 8 nitrogen and oxygen atoms in total. The predicted molar refractivity (Wildman–Crippen MR) is 164 cm³/mol. The molecular formula is C31H20Cl2FN3O5S. The number of hydrogen-bond donors (Lipinski definition) is 0. The third-order valence-electron chi connectivity index (χ3n) is 6.98. The van der Waals surface area contributed by atoms with Gasteiger partial charge in [0.15, 0.2) is 4.80 Å². The molecule has 3 aromatic carbocycles. The van der Waals surface area contributed by atoms with E-state index in [4.69, 9.17) is 32.4 Å². The van der Waals surface area contributed by atoms with E-state index in [0.29, 0.717) is 49.0 Å². The highest BCUT2D eigenvalue weighted by Gasteiger charge is 2.24. The number of fused-ring (bicyclic) bond motifs is 1. The van der Waals surface area contributed by atoms with Crippen LogP contribution in [0.2, 0.25) is 10.0 Å². The summed E-state index contributed by atoms with van der Waals surface area (Å²) in [6.45, 7) is 1.76. The first-order valence-corrected chi connectivity index (χ1v) is 14.4. The third kappa shape index (κ3) is 5.40. The van der Waals surface area contributed by atoms with Gasteiger partial charge in [-0.1, -0.05) is 46.7 Å². The van der Waals surface area contributed by atoms with E-state index in [0.717, 1.165) is 16.9 Å². The Morgan fingerprint density at radius 3 is 2.53 bits per heavy atom. The van der Waals surface area contributed by atoms with Crippen LogP contribution in [0.3, 0.4) is 0 Å². The van der Waals surface area contributed by atoms with E-state index in [2.05, 4.69) is 4.99 Å². The van der Waals surface area contributed by atoms with Gasteiger partial charge >= 0.3 is 0 Å². The summed E-state index contributed by atoms with van der Waals surface area (Å²) in [6, 6.07) is 17.2. The first kappa shape index (κ1) is 28.6. The van der Waals surface area contributed by atoms with Gasteiger partial charge in [0.25, 0.3) is 11.2 Å². The Balaban J connectivity index is 1.47. The van der Waals surface area contributed by atoms with Crippen molar-refractivity contribution in [3.8, 4) is 17.1 Å². The normalized spacial score (nSPS) is 14.7. The number of nitro benzene ring substituents is 1. The molecule has 0 N–H and O–H groups in total. The summed E-state index contributed by atoms with van der Waals surface area (Å²) in [6.07, 6.45) is 3.38. The van der Waals surface area contributed by atoms with Crippen LogP contribution in [0.4, 0.5) is 10.1 Å². The van der Waals surface area contributed by atoms with E-state index < -0.39 is 16.8 Å². The molecule has 0 saturated heterocycles. The largest absolute Gasteiger partial charge is 0.497 e. The molecular weight excluding hydrogens is 616 g/mol. The highest BCUT2D eigenvalue weighted by molar-refractivity contribution is 7.07. The summed E-state index contributed by atoms with van der Waals surface area (Å²) in [7, 11) is 1.57. The van der Waals surface area contributed by atoms with Crippen molar-refractivity contribution in [3.63, 3.8) is 0 Å². The van der Waals surface area contributed by atoms with Gasteiger partial charge in [0.2, 0.25) is 0 Å². The van der Waals surface area contributed by atoms with Crippen molar-refractivity contribution in [2.45, 2.75) is 13.0 Å². The summed E-state index contributed by atoms with van der Waals surface area (Å²) in [4.78, 5) is 29.5. The molecule has 0 bridgehead atoms. The number of ether oxygens (including phenoxy) is 1. The molecule has 0 radical (unpaired) electrons. The van der Waals surface area contributed by atoms with Gasteiger partial charge in [-0.15, -0.1) is 0 Å². The lowest BCUT2D eigenvalue weighted by molar-refractivity contribution is -0.384. The Labute approximate surface area is 257 Å². The quantitative estimate of drug-likeness (QED) is 0.114. The van der Waals surface area contributed by atoms with Crippen LogP contribution in [0, 0.1) is 22.9 Å². The Kier molecular flexibility index (Phi) is 7.51. The summed E-state index contributed by atoms with van der Waals surface area (Å²) in [5.41, 5.74) is 2.58. The second-order valence-electron chi connectivity index (χ2n) is 9.65. The molecule has 216 valence electrons. The van der Waals surface area contributed by atoms with Crippen LogP contribution >= 0.6 is 34.5 Å². The zero-order valence-corrected chi connectivity index (χ0v) is 24.8. The molecule has 43 heavy (non-hydrogen) atoms. The number of thiazole rings is 1. The van der Waals surface area contributed by atoms with Crippen molar-refractivity contribution in [3.05, 3.63) is 141 Å². The Bertz CT molecular complexity index is 2130. The molecule has 1 atom stereocenters. The van der Waals surface area contributed by atoms with Crippen LogP contribution < -0.4 is 19.6 Å². The molecule has 1 aliphatic rings. The second kappa shape index (κ2) is 11.3. The van der Waals surface area contributed by atoms with E-state index in [1.807, 2.05) is 12.1 Å². The van der Waals surface area contributed by atoms with E-state index in [1.54, 1.807) is 61.1 Å². The molecule has 0 spiro atoms. The van der Waals surface area contributed by atoms with Crippen LogP contribution in [0.1, 0.15) is 28.5 Å². The number of furan rings is 1. The molecule has 6 rings (SSSR count). The number of rotatable bonds is 6. The molecule has 0 saturated carbocycles. The number of non-ortho nitro benzene ring substituents is 1. The Morgan fingerprint density at radius 2 is 1.84 bits per heavy atom. The lowest BCUT2D eigenvalue weighted by Crippen LogP contribution is -2.36. The van der Waals surface area contributed by atoms with E-state index in [1.165, 1.54) is 24.3 Å². The smallest absolute Gasteiger partial charge is 0.271 e. The first-order valence-electron chi connectivity index (χ1n) is 12.8. The first-order chi connectivity index (χ1) is 20.6. The minimum absolute atomic E-state index is 0.0115. The van der Waals surface area contributed by atoms with Gasteiger partial charge in [-0.05, 0) is 66.6 Å². The fourth-order valence-corrected chi connectivity index (χ4v) is 6.31. The lowest BCUT2D eigenvalue weighted by atomic mass is 10.0. The number of nitrogens with zero attached hydrogens (tertiary/aromatic N) is 3. The van der Waals surface area contributed by atoms with Gasteiger partial charge in [-0.25, -0.2) is 9.38 Å². The van der Waals surface area contributed by atoms with Crippen LogP contribution in [0.25, 0.3) is 23.1 Å². The highest BCUT2D eigenvalue weighted by atomic mass is 35.5. The summed E-state index contributed by atoms with van der Waals surface area (Å²) >= 11 is 13.5. The standard InChI is InChI=1S/C31H20Cl2FN3O5S/c1-16-11-18(37(39)40)5-9-21(16)28-10-8-20(42-28)12-29-30(38)36-27(17-3-6-19(41-2)7-4-17)15-26(35-31(36)43-29)22-13-25(34)24(33)14-23(22)32/h3-15,27H,1-2H3/b29-12-. The zero-order chi connectivity index (χ0) is 30.4. The van der Waals surface area contributed by atoms with E-state index in [9.17, 15) is 19.3 Å². The maximum atomic E-state index is 14.5. The van der Waals surface area contributed by atoms with Crippen LogP contribution in [0.15, 0.2) is 87.0 Å².